The molecule has 1 saturated carbocycles. The van der Waals surface area contributed by atoms with Crippen molar-refractivity contribution in [3.8, 4) is 0 Å². The van der Waals surface area contributed by atoms with Crippen LogP contribution in [-0.2, 0) is 14.3 Å². The fraction of sp³-hybridized carbons (Fsp3) is 0.579. The van der Waals surface area contributed by atoms with Gasteiger partial charge in [0.05, 0.1) is 23.5 Å². The first-order valence-corrected chi connectivity index (χ1v) is 8.55. The maximum Gasteiger partial charge on any atom is 0.313 e. The van der Waals surface area contributed by atoms with Crippen molar-refractivity contribution < 1.29 is 23.8 Å². The minimum Gasteiger partial charge on any atom is -0.472 e. The van der Waals surface area contributed by atoms with E-state index in [4.69, 9.17) is 9.15 Å². The summed E-state index contributed by atoms with van der Waals surface area (Å²) in [6.07, 6.45) is 6.32. The number of allylic oxidation sites excluding steroid dienone is 1. The molecule has 3 aliphatic rings. The second-order valence-electron chi connectivity index (χ2n) is 7.61. The number of fused-ring (bicyclic) bond motifs is 2. The van der Waals surface area contributed by atoms with Crippen molar-refractivity contribution in [2.24, 2.45) is 17.3 Å². The lowest BCUT2D eigenvalue weighted by atomic mass is 9.50. The molecular weight excluding hydrogens is 308 g/mol. The number of ketones is 1. The van der Waals surface area contributed by atoms with E-state index >= 15 is 0 Å². The molecule has 128 valence electrons. The van der Waals surface area contributed by atoms with Crippen molar-refractivity contribution in [1.29, 1.82) is 0 Å². The molecule has 0 bridgehead atoms. The van der Waals surface area contributed by atoms with Gasteiger partial charge >= 0.3 is 5.97 Å². The highest BCUT2D eigenvalue weighted by Crippen LogP contribution is 2.62. The molecule has 1 spiro atoms. The normalized spacial score (nSPS) is 42.0. The van der Waals surface area contributed by atoms with Gasteiger partial charge in [-0.1, -0.05) is 6.92 Å². The maximum atomic E-state index is 13.0. The largest absolute Gasteiger partial charge is 0.472 e. The van der Waals surface area contributed by atoms with E-state index in [1.54, 1.807) is 25.5 Å². The first-order chi connectivity index (χ1) is 11.4. The number of furan rings is 1. The zero-order valence-corrected chi connectivity index (χ0v) is 14.0. The van der Waals surface area contributed by atoms with Gasteiger partial charge in [-0.2, -0.15) is 0 Å². The zero-order chi connectivity index (χ0) is 17.1. The van der Waals surface area contributed by atoms with Gasteiger partial charge in [0.25, 0.3) is 0 Å². The third kappa shape index (κ3) is 1.91. The average Bonchev–Trinajstić information content (AvgIpc) is 3.16. The van der Waals surface area contributed by atoms with Gasteiger partial charge in [0.2, 0.25) is 0 Å². The van der Waals surface area contributed by atoms with Gasteiger partial charge in [0.1, 0.15) is 6.10 Å². The van der Waals surface area contributed by atoms with Gasteiger partial charge in [0.15, 0.2) is 5.78 Å². The predicted molar refractivity (Wildman–Crippen MR) is 84.8 cm³/mol. The molecule has 1 saturated heterocycles. The lowest BCUT2D eigenvalue weighted by Gasteiger charge is -2.53. The lowest BCUT2D eigenvalue weighted by molar-refractivity contribution is -0.170. The number of carbonyl (C=O) groups excluding carboxylic acids is 2. The quantitative estimate of drug-likeness (QED) is 0.801. The Morgan fingerprint density at radius 1 is 1.33 bits per heavy atom. The summed E-state index contributed by atoms with van der Waals surface area (Å²) < 4.78 is 10.8. The summed E-state index contributed by atoms with van der Waals surface area (Å²) in [7, 11) is 0. The van der Waals surface area contributed by atoms with Crippen molar-refractivity contribution in [3.05, 3.63) is 35.8 Å². The molecule has 1 aromatic heterocycles. The van der Waals surface area contributed by atoms with Crippen LogP contribution in [0.25, 0.3) is 0 Å². The Morgan fingerprint density at radius 3 is 2.83 bits per heavy atom. The molecule has 1 N–H and O–H groups in total. The van der Waals surface area contributed by atoms with Crippen LogP contribution in [0.15, 0.2) is 34.7 Å². The summed E-state index contributed by atoms with van der Waals surface area (Å²) in [6.45, 7) is 3.83. The van der Waals surface area contributed by atoms with Crippen LogP contribution in [0.3, 0.4) is 0 Å². The molecule has 0 amide bonds. The summed E-state index contributed by atoms with van der Waals surface area (Å²) in [4.78, 5) is 25.2. The van der Waals surface area contributed by atoms with Crippen molar-refractivity contribution in [3.63, 3.8) is 0 Å². The molecule has 2 aliphatic carbocycles. The number of cyclic esters (lactones) is 1. The molecule has 4 rings (SSSR count). The molecule has 0 aromatic carbocycles. The van der Waals surface area contributed by atoms with Crippen molar-refractivity contribution >= 4 is 11.8 Å². The summed E-state index contributed by atoms with van der Waals surface area (Å²) in [5.41, 5.74) is -0.407. The highest BCUT2D eigenvalue weighted by molar-refractivity contribution is 5.93. The van der Waals surface area contributed by atoms with Gasteiger partial charge in [-0.25, -0.2) is 0 Å². The molecule has 24 heavy (non-hydrogen) atoms. The van der Waals surface area contributed by atoms with Crippen LogP contribution < -0.4 is 0 Å². The molecule has 2 heterocycles. The van der Waals surface area contributed by atoms with E-state index in [2.05, 4.69) is 0 Å². The standard InChI is InChI=1S/C19H22O5/c1-11-3-5-19(22)12(2)7-14(20)8-16(19)18(11)9-15(24-17(18)21)13-4-6-23-10-13/h4,6-7,10-11,15-16,22H,3,5,8-9H2,1-2H3/t11-,15+,16+,18+,19-/m0/s1. The number of hydrogen-bond donors (Lipinski definition) is 1. The smallest absolute Gasteiger partial charge is 0.313 e. The zero-order valence-electron chi connectivity index (χ0n) is 14.0. The molecule has 1 aliphatic heterocycles. The molecule has 1 aromatic rings. The summed E-state index contributed by atoms with van der Waals surface area (Å²) in [5, 5.41) is 11.3. The van der Waals surface area contributed by atoms with Crippen molar-refractivity contribution in [2.75, 3.05) is 0 Å². The first-order valence-electron chi connectivity index (χ1n) is 8.55. The number of carbonyl (C=O) groups is 2. The van der Waals surface area contributed by atoms with Crippen LogP contribution >= 0.6 is 0 Å². The number of rotatable bonds is 1. The summed E-state index contributed by atoms with van der Waals surface area (Å²) in [6, 6.07) is 1.80. The van der Waals surface area contributed by atoms with E-state index in [1.165, 1.54) is 6.08 Å². The van der Waals surface area contributed by atoms with E-state index in [9.17, 15) is 14.7 Å². The average molecular weight is 330 g/mol. The second kappa shape index (κ2) is 5.06. The Bertz CT molecular complexity index is 718. The topological polar surface area (TPSA) is 76.7 Å². The third-order valence-corrected chi connectivity index (χ3v) is 6.57. The monoisotopic (exact) mass is 330 g/mol. The molecule has 5 heteroatoms. The van der Waals surface area contributed by atoms with E-state index in [1.807, 2.05) is 6.92 Å². The highest BCUT2D eigenvalue weighted by Gasteiger charge is 2.66. The Morgan fingerprint density at radius 2 is 2.12 bits per heavy atom. The van der Waals surface area contributed by atoms with Crippen LogP contribution in [-0.4, -0.2) is 22.5 Å². The fourth-order valence-corrected chi connectivity index (χ4v) is 5.09. The predicted octanol–water partition coefficient (Wildman–Crippen LogP) is 2.95. The van der Waals surface area contributed by atoms with Crippen LogP contribution in [0.1, 0.15) is 51.2 Å². The van der Waals surface area contributed by atoms with E-state index < -0.39 is 16.9 Å². The van der Waals surface area contributed by atoms with Crippen LogP contribution in [0.2, 0.25) is 0 Å². The first kappa shape index (κ1) is 15.6. The number of aliphatic hydroxyl groups is 1. The number of esters is 1. The van der Waals surface area contributed by atoms with Crippen molar-refractivity contribution in [2.45, 2.75) is 51.2 Å². The summed E-state index contributed by atoms with van der Waals surface area (Å²) >= 11 is 0. The molecular formula is C19H22O5. The van der Waals surface area contributed by atoms with E-state index in [-0.39, 0.29) is 30.2 Å². The third-order valence-electron chi connectivity index (χ3n) is 6.57. The minimum atomic E-state index is -1.09. The van der Waals surface area contributed by atoms with Crippen LogP contribution in [0.4, 0.5) is 0 Å². The van der Waals surface area contributed by atoms with Gasteiger partial charge in [-0.15, -0.1) is 0 Å². The molecule has 2 fully saturated rings. The second-order valence-corrected chi connectivity index (χ2v) is 7.61. The van der Waals surface area contributed by atoms with Gasteiger partial charge in [-0.05, 0) is 43.4 Å². The van der Waals surface area contributed by atoms with Gasteiger partial charge in [-0.3, -0.25) is 9.59 Å². The van der Waals surface area contributed by atoms with E-state index in [0.29, 0.717) is 18.4 Å². The van der Waals surface area contributed by atoms with Crippen molar-refractivity contribution in [1.82, 2.24) is 0 Å². The molecule has 0 radical (unpaired) electrons. The Hall–Kier alpha value is -1.88. The lowest BCUT2D eigenvalue weighted by Crippen LogP contribution is -2.59. The Balaban J connectivity index is 1.79. The SMILES string of the molecule is CC1=CC(=O)C[C@@H]2[C@@]3(C[C@H](c4ccoc4)OC3=O)[C@@H](C)CC[C@]12O. The Labute approximate surface area is 140 Å². The maximum absolute atomic E-state index is 13.0. The van der Waals surface area contributed by atoms with Gasteiger partial charge < -0.3 is 14.3 Å². The molecule has 5 nitrogen and oxygen atoms in total. The summed E-state index contributed by atoms with van der Waals surface area (Å²) in [5.74, 6) is -0.663. The number of hydrogen-bond acceptors (Lipinski definition) is 5. The van der Waals surface area contributed by atoms with E-state index in [0.717, 1.165) is 12.0 Å². The highest BCUT2D eigenvalue weighted by atomic mass is 16.6. The Kier molecular flexibility index (Phi) is 3.29. The fourth-order valence-electron chi connectivity index (χ4n) is 5.09. The minimum absolute atomic E-state index is 0.0183. The number of ether oxygens (including phenoxy) is 1. The van der Waals surface area contributed by atoms with Crippen LogP contribution in [0.5, 0.6) is 0 Å². The molecule has 5 atom stereocenters. The van der Waals surface area contributed by atoms with Crippen LogP contribution in [0, 0.1) is 17.3 Å². The van der Waals surface area contributed by atoms with Gasteiger partial charge in [0, 0.05) is 24.3 Å². The molecule has 0 unspecified atom stereocenters.